The van der Waals surface area contributed by atoms with Crippen LogP contribution in [0.3, 0.4) is 0 Å². The van der Waals surface area contributed by atoms with E-state index in [1.54, 1.807) is 4.90 Å². The van der Waals surface area contributed by atoms with Crippen molar-refractivity contribution in [3.63, 3.8) is 0 Å². The number of quaternary nitrogens is 1. The number of hydrogen-bond acceptors (Lipinski definition) is 6. The second-order valence-electron chi connectivity index (χ2n) is 9.57. The lowest BCUT2D eigenvalue weighted by molar-refractivity contribution is -0.973. The second kappa shape index (κ2) is 6.44. The van der Waals surface area contributed by atoms with Crippen LogP contribution < -0.4 is 0 Å². The number of likely N-dealkylation sites (tertiary alicyclic amines) is 1. The van der Waals surface area contributed by atoms with Crippen LogP contribution in [0.5, 0.6) is 0 Å². The predicted octanol–water partition coefficient (Wildman–Crippen LogP) is 0.711. The first-order chi connectivity index (χ1) is 12.2. The number of piperidine rings is 1. The van der Waals surface area contributed by atoms with E-state index in [4.69, 9.17) is 4.74 Å². The maximum Gasteiger partial charge on any atom is 0.410 e. The minimum atomic E-state index is -0.472. The first-order valence-corrected chi connectivity index (χ1v) is 9.74. The van der Waals surface area contributed by atoms with Gasteiger partial charge in [0.15, 0.2) is 5.78 Å². The Kier molecular flexibility index (Phi) is 4.50. The van der Waals surface area contributed by atoms with Gasteiger partial charge < -0.3 is 9.64 Å². The third kappa shape index (κ3) is 3.74. The van der Waals surface area contributed by atoms with Crippen LogP contribution in [0.15, 0.2) is 0 Å². The Labute approximate surface area is 155 Å². The van der Waals surface area contributed by atoms with Gasteiger partial charge >= 0.3 is 6.09 Å². The molecule has 5 heterocycles. The van der Waals surface area contributed by atoms with Crippen LogP contribution >= 0.6 is 0 Å². The average Bonchev–Trinajstić information content (AvgIpc) is 2.51. The first-order valence-electron chi connectivity index (χ1n) is 9.74. The summed E-state index contributed by atoms with van der Waals surface area (Å²) in [6.45, 7) is 13.6. The number of carbonyl (C=O) groups excluding carboxylic acids is 2. The van der Waals surface area contributed by atoms with E-state index in [1.165, 1.54) is 0 Å². The van der Waals surface area contributed by atoms with E-state index in [0.717, 1.165) is 57.3 Å². The van der Waals surface area contributed by atoms with E-state index in [2.05, 4.69) is 14.7 Å². The number of Topliss-reactive ketones (excluding diaryl/α,β-unsaturated/α-hetero) is 1. The number of rotatable bonds is 3. The molecule has 5 fully saturated rings. The molecule has 8 heteroatoms. The number of carbonyl (C=O) groups is 2. The molecule has 5 aliphatic rings. The van der Waals surface area contributed by atoms with Crippen molar-refractivity contribution in [3.8, 4) is 0 Å². The van der Waals surface area contributed by atoms with Crippen molar-refractivity contribution in [1.82, 2.24) is 19.6 Å². The van der Waals surface area contributed by atoms with Crippen molar-refractivity contribution in [1.29, 1.82) is 0 Å². The quantitative estimate of drug-likeness (QED) is 0.686. The van der Waals surface area contributed by atoms with Crippen molar-refractivity contribution >= 4 is 11.9 Å². The van der Waals surface area contributed by atoms with Gasteiger partial charge in [-0.1, -0.05) is 0 Å². The summed E-state index contributed by atoms with van der Waals surface area (Å²) in [6, 6.07) is 0. The molecule has 26 heavy (non-hydrogen) atoms. The highest BCUT2D eigenvalue weighted by Gasteiger charge is 2.49. The van der Waals surface area contributed by atoms with Gasteiger partial charge in [-0.3, -0.25) is 9.28 Å². The van der Waals surface area contributed by atoms with E-state index < -0.39 is 5.60 Å². The predicted molar refractivity (Wildman–Crippen MR) is 95.4 cm³/mol. The molecule has 1 amide bonds. The van der Waals surface area contributed by atoms with Crippen LogP contribution in [0.25, 0.3) is 0 Å². The maximum atomic E-state index is 13.0. The van der Waals surface area contributed by atoms with Crippen LogP contribution in [0.4, 0.5) is 4.79 Å². The third-order valence-electron chi connectivity index (χ3n) is 5.79. The minimum Gasteiger partial charge on any atom is -0.444 e. The molecule has 0 aliphatic carbocycles. The molecule has 5 rings (SSSR count). The largest absolute Gasteiger partial charge is 0.444 e. The fourth-order valence-electron chi connectivity index (χ4n) is 4.98. The molecule has 0 saturated carbocycles. The zero-order valence-electron chi connectivity index (χ0n) is 16.3. The first kappa shape index (κ1) is 18.2. The van der Waals surface area contributed by atoms with E-state index in [-0.39, 0.29) is 12.0 Å². The second-order valence-corrected chi connectivity index (χ2v) is 9.57. The smallest absolute Gasteiger partial charge is 0.410 e. The van der Waals surface area contributed by atoms with Gasteiger partial charge in [0, 0.05) is 19.0 Å². The molecular formula is C18H32N5O3+. The molecule has 5 saturated heterocycles. The van der Waals surface area contributed by atoms with Crippen LogP contribution in [0.1, 0.15) is 33.6 Å². The van der Waals surface area contributed by atoms with Crippen molar-refractivity contribution in [2.24, 2.45) is 5.92 Å². The molecule has 0 aromatic heterocycles. The molecule has 0 radical (unpaired) electrons. The third-order valence-corrected chi connectivity index (χ3v) is 5.79. The highest BCUT2D eigenvalue weighted by Crippen LogP contribution is 2.30. The Morgan fingerprint density at radius 1 is 0.962 bits per heavy atom. The summed E-state index contributed by atoms with van der Waals surface area (Å²) in [5.41, 5.74) is -0.472. The number of amides is 1. The van der Waals surface area contributed by atoms with Crippen LogP contribution in [-0.2, 0) is 9.53 Å². The molecule has 4 bridgehead atoms. The van der Waals surface area contributed by atoms with E-state index in [0.29, 0.717) is 25.4 Å². The zero-order chi connectivity index (χ0) is 18.5. The Morgan fingerprint density at radius 2 is 1.46 bits per heavy atom. The van der Waals surface area contributed by atoms with Crippen LogP contribution in [-0.4, -0.2) is 101 Å². The number of hydrogen-bond donors (Lipinski definition) is 0. The van der Waals surface area contributed by atoms with Gasteiger partial charge in [0.25, 0.3) is 0 Å². The number of nitrogens with zero attached hydrogens (tertiary/aromatic N) is 5. The van der Waals surface area contributed by atoms with E-state index in [1.807, 2.05) is 20.8 Å². The lowest BCUT2D eigenvalue weighted by atomic mass is 9.92. The molecule has 0 spiro atoms. The maximum absolute atomic E-state index is 13.0. The number of ether oxygens (including phenoxy) is 1. The molecule has 5 aliphatic heterocycles. The van der Waals surface area contributed by atoms with Gasteiger partial charge in [-0.25, -0.2) is 19.5 Å². The lowest BCUT2D eigenvalue weighted by Gasteiger charge is -2.60. The summed E-state index contributed by atoms with van der Waals surface area (Å²) in [6.07, 6.45) is 1.26. The normalized spacial score (nSPS) is 37.0. The van der Waals surface area contributed by atoms with Gasteiger partial charge in [0.1, 0.15) is 32.2 Å². The summed E-state index contributed by atoms with van der Waals surface area (Å²) >= 11 is 0. The molecule has 146 valence electrons. The summed E-state index contributed by atoms with van der Waals surface area (Å²) in [7, 11) is 0. The molecular weight excluding hydrogens is 334 g/mol. The molecule has 0 atom stereocenters. The Hall–Kier alpha value is -1.22. The van der Waals surface area contributed by atoms with Crippen molar-refractivity contribution in [2.45, 2.75) is 39.2 Å². The SMILES string of the molecule is CC(C)(C)OC(=O)N1CCC(C(=O)C[N+]23CN4CN(CN(C4)C2)C3)CC1. The van der Waals surface area contributed by atoms with Gasteiger partial charge in [-0.15, -0.1) is 0 Å². The Balaban J connectivity index is 1.30. The summed E-state index contributed by atoms with van der Waals surface area (Å²) in [5.74, 6) is 0.458. The zero-order valence-corrected chi connectivity index (χ0v) is 16.3. The minimum absolute atomic E-state index is 0.0832. The van der Waals surface area contributed by atoms with Gasteiger partial charge in [0.05, 0.1) is 20.0 Å². The van der Waals surface area contributed by atoms with Gasteiger partial charge in [-0.05, 0) is 33.6 Å². The summed E-state index contributed by atoms with van der Waals surface area (Å²) in [5, 5.41) is 0. The van der Waals surface area contributed by atoms with Crippen molar-refractivity contribution in [3.05, 3.63) is 0 Å². The summed E-state index contributed by atoms with van der Waals surface area (Å²) < 4.78 is 6.31. The van der Waals surface area contributed by atoms with Crippen molar-refractivity contribution < 1.29 is 18.8 Å². The Bertz CT molecular complexity index is 545. The Morgan fingerprint density at radius 3 is 1.92 bits per heavy atom. The topological polar surface area (TPSA) is 56.3 Å². The molecule has 0 aromatic carbocycles. The van der Waals surface area contributed by atoms with Gasteiger partial charge in [-0.2, -0.15) is 0 Å². The van der Waals surface area contributed by atoms with Gasteiger partial charge in [0.2, 0.25) is 0 Å². The monoisotopic (exact) mass is 366 g/mol. The van der Waals surface area contributed by atoms with E-state index >= 15 is 0 Å². The molecule has 0 aromatic rings. The molecule has 0 N–H and O–H groups in total. The highest BCUT2D eigenvalue weighted by molar-refractivity contribution is 5.82. The van der Waals surface area contributed by atoms with Crippen LogP contribution in [0, 0.1) is 5.92 Å². The lowest BCUT2D eigenvalue weighted by Crippen LogP contribution is -2.80. The fourth-order valence-corrected chi connectivity index (χ4v) is 4.98. The fraction of sp³-hybridized carbons (Fsp3) is 0.889. The van der Waals surface area contributed by atoms with E-state index in [9.17, 15) is 9.59 Å². The summed E-state index contributed by atoms with van der Waals surface area (Å²) in [4.78, 5) is 34.2. The number of ketones is 1. The van der Waals surface area contributed by atoms with Crippen molar-refractivity contribution in [2.75, 3.05) is 59.6 Å². The average molecular weight is 366 g/mol. The van der Waals surface area contributed by atoms with Crippen LogP contribution in [0.2, 0.25) is 0 Å². The highest BCUT2D eigenvalue weighted by atomic mass is 16.6. The molecule has 0 unspecified atom stereocenters. The molecule has 8 nitrogen and oxygen atoms in total. The standard InChI is InChI=1S/C18H32N5O3/c1-18(2,3)26-17(25)22-6-4-15(5-7-22)16(24)8-23-12-19-9-20(13-23)11-21(10-19)14-23/h15H,4-14H2,1-3H3/q+1.